The molecule has 0 aromatic carbocycles. The van der Waals surface area contributed by atoms with Crippen LogP contribution in [0.25, 0.3) is 0 Å². The highest BCUT2D eigenvalue weighted by molar-refractivity contribution is 5.96. The number of carbonyl (C=O) groups excluding carboxylic acids is 2. The van der Waals surface area contributed by atoms with E-state index in [1.807, 2.05) is 0 Å². The van der Waals surface area contributed by atoms with Gasteiger partial charge in [-0.2, -0.15) is 0 Å². The minimum atomic E-state index is -1.18. The zero-order chi connectivity index (χ0) is 12.0. The minimum Gasteiger partial charge on any atom is -0.481 e. The quantitative estimate of drug-likeness (QED) is 0.506. The molecule has 6 nitrogen and oxygen atoms in total. The van der Waals surface area contributed by atoms with Crippen LogP contribution in [0.1, 0.15) is 13.3 Å². The zero-order valence-electron chi connectivity index (χ0n) is 9.02. The molecule has 86 valence electrons. The van der Waals surface area contributed by atoms with Gasteiger partial charge in [-0.05, 0) is 6.92 Å². The molecule has 0 aliphatic carbocycles. The number of carboxylic acid groups (broad SMARTS) is 1. The van der Waals surface area contributed by atoms with Crippen molar-refractivity contribution in [3.8, 4) is 0 Å². The number of aliphatic carboxylic acids is 1. The van der Waals surface area contributed by atoms with Gasteiger partial charge in [0.2, 0.25) is 5.91 Å². The second-order valence-corrected chi connectivity index (χ2v) is 3.15. The molecule has 0 saturated carbocycles. The zero-order valence-corrected chi connectivity index (χ0v) is 9.02. The number of hydrogen-bond donors (Lipinski definition) is 1. The maximum absolute atomic E-state index is 11.4. The number of carbonyl (C=O) groups is 3. The summed E-state index contributed by atoms with van der Waals surface area (Å²) in [6.07, 6.45) is 0.0606. The summed E-state index contributed by atoms with van der Waals surface area (Å²) < 4.78 is 4.40. The maximum Gasteiger partial charge on any atom is 0.315 e. The van der Waals surface area contributed by atoms with Gasteiger partial charge in [-0.25, -0.2) is 0 Å². The van der Waals surface area contributed by atoms with Gasteiger partial charge in [0.25, 0.3) is 0 Å². The van der Waals surface area contributed by atoms with Crippen LogP contribution in [0.4, 0.5) is 0 Å². The molecule has 0 aliphatic rings. The molecule has 1 unspecified atom stereocenters. The van der Waals surface area contributed by atoms with Crippen LogP contribution in [-0.2, 0) is 19.1 Å². The first-order valence-corrected chi connectivity index (χ1v) is 4.44. The molecule has 6 heteroatoms. The average Bonchev–Trinajstić information content (AvgIpc) is 2.22. The number of ether oxygens (including phenoxy) is 1. The standard InChI is InChI=1S/C9H15NO5/c1-6(9(13)14)8(12)10(2)5-4-7(11)15-3/h6H,4-5H2,1-3H3,(H,13,14). The van der Waals surface area contributed by atoms with Crippen molar-refractivity contribution in [1.29, 1.82) is 0 Å². The van der Waals surface area contributed by atoms with E-state index in [1.165, 1.54) is 26.0 Å². The van der Waals surface area contributed by atoms with Crippen molar-refractivity contribution >= 4 is 17.8 Å². The highest BCUT2D eigenvalue weighted by Crippen LogP contribution is 2.02. The number of amides is 1. The second kappa shape index (κ2) is 6.00. The van der Waals surface area contributed by atoms with Crippen molar-refractivity contribution in [2.24, 2.45) is 5.92 Å². The van der Waals surface area contributed by atoms with Gasteiger partial charge in [-0.3, -0.25) is 14.4 Å². The first kappa shape index (κ1) is 13.4. The normalized spacial score (nSPS) is 11.7. The van der Waals surface area contributed by atoms with Gasteiger partial charge in [-0.15, -0.1) is 0 Å². The summed E-state index contributed by atoms with van der Waals surface area (Å²) >= 11 is 0. The highest BCUT2D eigenvalue weighted by Gasteiger charge is 2.23. The van der Waals surface area contributed by atoms with Crippen molar-refractivity contribution in [1.82, 2.24) is 4.90 Å². The van der Waals surface area contributed by atoms with Gasteiger partial charge in [0, 0.05) is 13.6 Å². The van der Waals surface area contributed by atoms with Gasteiger partial charge < -0.3 is 14.7 Å². The van der Waals surface area contributed by atoms with Gasteiger partial charge in [0.05, 0.1) is 13.5 Å². The van der Waals surface area contributed by atoms with Crippen molar-refractivity contribution in [2.75, 3.05) is 20.7 Å². The molecule has 0 aromatic heterocycles. The van der Waals surface area contributed by atoms with Crippen molar-refractivity contribution in [3.05, 3.63) is 0 Å². The molecule has 0 heterocycles. The molecule has 1 N–H and O–H groups in total. The first-order valence-electron chi connectivity index (χ1n) is 4.44. The Balaban J connectivity index is 4.10. The van der Waals surface area contributed by atoms with E-state index in [-0.39, 0.29) is 13.0 Å². The molecular weight excluding hydrogens is 202 g/mol. The highest BCUT2D eigenvalue weighted by atomic mass is 16.5. The Hall–Kier alpha value is -1.59. The van der Waals surface area contributed by atoms with E-state index in [0.29, 0.717) is 0 Å². The van der Waals surface area contributed by atoms with Crippen molar-refractivity contribution < 1.29 is 24.2 Å². The molecule has 0 aromatic rings. The van der Waals surface area contributed by atoms with Gasteiger partial charge in [0.1, 0.15) is 5.92 Å². The summed E-state index contributed by atoms with van der Waals surface area (Å²) in [6.45, 7) is 1.46. The van der Waals surface area contributed by atoms with E-state index in [9.17, 15) is 14.4 Å². The molecule has 1 atom stereocenters. The Labute approximate surface area is 87.8 Å². The predicted molar refractivity (Wildman–Crippen MR) is 51.1 cm³/mol. The SMILES string of the molecule is COC(=O)CCN(C)C(=O)C(C)C(=O)O. The third-order valence-corrected chi connectivity index (χ3v) is 2.00. The van der Waals surface area contributed by atoms with Crippen LogP contribution >= 0.6 is 0 Å². The summed E-state index contributed by atoms with van der Waals surface area (Å²) in [4.78, 5) is 33.8. The van der Waals surface area contributed by atoms with Gasteiger partial charge in [0.15, 0.2) is 0 Å². The summed E-state index contributed by atoms with van der Waals surface area (Å²) in [5.74, 6) is -3.22. The smallest absolute Gasteiger partial charge is 0.315 e. The van der Waals surface area contributed by atoms with E-state index in [0.717, 1.165) is 0 Å². The summed E-state index contributed by atoms with van der Waals surface area (Å²) in [6, 6.07) is 0. The molecule has 0 bridgehead atoms. The molecule has 1 amide bonds. The first-order chi connectivity index (χ1) is 6.90. The molecule has 0 aliphatic heterocycles. The average molecular weight is 217 g/mol. The number of esters is 1. The Kier molecular flexibility index (Phi) is 5.36. The molecule has 0 rings (SSSR count). The molecule has 0 spiro atoms. The second-order valence-electron chi connectivity index (χ2n) is 3.15. The van der Waals surface area contributed by atoms with Gasteiger partial charge >= 0.3 is 11.9 Å². The number of nitrogens with zero attached hydrogens (tertiary/aromatic N) is 1. The molecule has 15 heavy (non-hydrogen) atoms. The Morgan fingerprint density at radius 1 is 1.40 bits per heavy atom. The van der Waals surface area contributed by atoms with E-state index < -0.39 is 23.8 Å². The molecule has 0 saturated heterocycles. The molecular formula is C9H15NO5. The fourth-order valence-corrected chi connectivity index (χ4v) is 0.907. The lowest BCUT2D eigenvalue weighted by Crippen LogP contribution is -2.36. The van der Waals surface area contributed by atoms with Crippen molar-refractivity contribution in [3.63, 3.8) is 0 Å². The summed E-state index contributed by atoms with van der Waals surface area (Å²) in [5.41, 5.74) is 0. The van der Waals surface area contributed by atoms with Crippen LogP contribution in [0, 0.1) is 5.92 Å². The number of carboxylic acids is 1. The lowest BCUT2D eigenvalue weighted by molar-refractivity contribution is -0.149. The fourth-order valence-electron chi connectivity index (χ4n) is 0.907. The van der Waals surface area contributed by atoms with Crippen LogP contribution < -0.4 is 0 Å². The third-order valence-electron chi connectivity index (χ3n) is 2.00. The Morgan fingerprint density at radius 3 is 2.33 bits per heavy atom. The number of hydrogen-bond acceptors (Lipinski definition) is 4. The lowest BCUT2D eigenvalue weighted by atomic mass is 10.1. The molecule has 0 fully saturated rings. The van der Waals surface area contributed by atoms with Gasteiger partial charge in [-0.1, -0.05) is 0 Å². The summed E-state index contributed by atoms with van der Waals surface area (Å²) in [7, 11) is 2.70. The summed E-state index contributed by atoms with van der Waals surface area (Å²) in [5, 5.41) is 8.59. The maximum atomic E-state index is 11.4. The fraction of sp³-hybridized carbons (Fsp3) is 0.667. The van der Waals surface area contributed by atoms with Crippen molar-refractivity contribution in [2.45, 2.75) is 13.3 Å². The number of rotatable bonds is 5. The Morgan fingerprint density at radius 2 is 1.93 bits per heavy atom. The van der Waals surface area contributed by atoms with Crippen LogP contribution in [-0.4, -0.2) is 48.6 Å². The van der Waals surface area contributed by atoms with Crippen LogP contribution in [0.5, 0.6) is 0 Å². The molecule has 0 radical (unpaired) electrons. The number of methoxy groups -OCH3 is 1. The van der Waals surface area contributed by atoms with E-state index in [2.05, 4.69) is 4.74 Å². The van der Waals surface area contributed by atoms with E-state index in [1.54, 1.807) is 0 Å². The Bertz CT molecular complexity index is 263. The van der Waals surface area contributed by atoms with E-state index in [4.69, 9.17) is 5.11 Å². The monoisotopic (exact) mass is 217 g/mol. The van der Waals surface area contributed by atoms with E-state index >= 15 is 0 Å². The lowest BCUT2D eigenvalue weighted by Gasteiger charge is -2.18. The largest absolute Gasteiger partial charge is 0.481 e. The third kappa shape index (κ3) is 4.44. The van der Waals surface area contributed by atoms with Crippen LogP contribution in [0.2, 0.25) is 0 Å². The minimum absolute atomic E-state index is 0.0606. The van der Waals surface area contributed by atoms with Crippen LogP contribution in [0.15, 0.2) is 0 Å². The van der Waals surface area contributed by atoms with Crippen LogP contribution in [0.3, 0.4) is 0 Å². The predicted octanol–water partition coefficient (Wildman–Crippen LogP) is -0.271. The topological polar surface area (TPSA) is 83.9 Å².